The van der Waals surface area contributed by atoms with E-state index in [0.29, 0.717) is 28.9 Å². The number of primary amides is 1. The van der Waals surface area contributed by atoms with Gasteiger partial charge < -0.3 is 40.6 Å². The zero-order valence-corrected chi connectivity index (χ0v) is 34.5. The number of fused-ring (bicyclic) bond motifs is 5. The van der Waals surface area contributed by atoms with Crippen LogP contribution in [-0.2, 0) is 34.7 Å². The van der Waals surface area contributed by atoms with Crippen molar-refractivity contribution < 1.29 is 29.6 Å². The van der Waals surface area contributed by atoms with Gasteiger partial charge in [0, 0.05) is 67.0 Å². The Morgan fingerprint density at radius 1 is 1.02 bits per heavy atom. The summed E-state index contributed by atoms with van der Waals surface area (Å²) in [7, 11) is 0. The van der Waals surface area contributed by atoms with Crippen molar-refractivity contribution in [3.8, 4) is 11.5 Å². The number of phenols is 2. The van der Waals surface area contributed by atoms with Crippen molar-refractivity contribution in [2.24, 2.45) is 5.73 Å². The summed E-state index contributed by atoms with van der Waals surface area (Å²) in [5, 5.41) is 44.5. The van der Waals surface area contributed by atoms with E-state index in [4.69, 9.17) is 15.9 Å². The number of phenolic OH excluding ortho intramolecular Hbond substituents is 2. The first-order chi connectivity index (χ1) is 28.7. The molecule has 60 heavy (non-hydrogen) atoms. The van der Waals surface area contributed by atoms with Crippen LogP contribution in [0.15, 0.2) is 71.0 Å². The summed E-state index contributed by atoms with van der Waals surface area (Å²) < 4.78 is 7.01. The number of carbonyl (C=O) groups excluding carboxylic acids is 2. The zero-order valence-electron chi connectivity index (χ0n) is 34.5. The van der Waals surface area contributed by atoms with E-state index in [2.05, 4.69) is 40.2 Å². The molecule has 1 aromatic heterocycles. The Hall–Kier alpha value is -6.12. The van der Waals surface area contributed by atoms with Crippen molar-refractivity contribution in [3.05, 3.63) is 116 Å². The molecule has 0 bridgehead atoms. The minimum atomic E-state index is -1.84. The molecule has 7 N–H and O–H groups in total. The number of piperazine rings is 1. The Morgan fingerprint density at radius 3 is 2.42 bits per heavy atom. The first kappa shape index (κ1) is 40.7. The van der Waals surface area contributed by atoms with Crippen LogP contribution in [0.4, 0.5) is 21.9 Å². The van der Waals surface area contributed by atoms with Crippen LogP contribution >= 0.6 is 0 Å². The van der Waals surface area contributed by atoms with Crippen molar-refractivity contribution in [1.82, 2.24) is 9.47 Å². The van der Waals surface area contributed by atoms with E-state index in [9.17, 15) is 29.7 Å². The lowest BCUT2D eigenvalue weighted by Crippen LogP contribution is -2.46. The van der Waals surface area contributed by atoms with E-state index < -0.39 is 17.6 Å². The molecule has 8 rings (SSSR count). The van der Waals surface area contributed by atoms with Gasteiger partial charge in [0.25, 0.3) is 5.56 Å². The predicted molar refractivity (Wildman–Crippen MR) is 231 cm³/mol. The molecule has 1 fully saturated rings. The van der Waals surface area contributed by atoms with E-state index in [1.54, 1.807) is 23.6 Å². The van der Waals surface area contributed by atoms with Gasteiger partial charge in [0.15, 0.2) is 5.60 Å². The van der Waals surface area contributed by atoms with Gasteiger partial charge in [0.2, 0.25) is 0 Å². The fourth-order valence-corrected chi connectivity index (χ4v) is 9.34. The smallest absolute Gasteiger partial charge is 0.343 e. The van der Waals surface area contributed by atoms with Gasteiger partial charge in [0.1, 0.15) is 23.9 Å². The number of hydrogen-bond acceptors (Lipinski definition) is 11. The standard InChI is InChI=1S/C46H53N7O7/c1-5-30-32-20-27(9-14-37(32)49-41-34(30)24-52-38(41)22-36-35(43(52)56)25-60-44(57)46(36,59)6-2)8-7-15-50-16-18-51(19-17-50)28-10-12-29(13-11-28)53(45(48)58)42(47)33-21-31(26(3)4)39(54)23-40(33)55/h9-14,20-23,26,41,47,49,54-55,59H,5-8,15-19,24-25H2,1-4H3,(H2,48,58). The minimum Gasteiger partial charge on any atom is -0.508 e. The summed E-state index contributed by atoms with van der Waals surface area (Å²) in [6.45, 7) is 12.4. The third kappa shape index (κ3) is 6.96. The van der Waals surface area contributed by atoms with Gasteiger partial charge >= 0.3 is 12.0 Å². The minimum absolute atomic E-state index is 0.0683. The van der Waals surface area contributed by atoms with Crippen LogP contribution in [0.2, 0.25) is 0 Å². The molecule has 5 heterocycles. The second-order valence-corrected chi connectivity index (χ2v) is 16.5. The number of nitrogens with zero attached hydrogens (tertiary/aromatic N) is 4. The number of aromatic nitrogens is 1. The third-order valence-electron chi connectivity index (χ3n) is 12.7. The molecule has 2 unspecified atom stereocenters. The molecule has 2 atom stereocenters. The maximum Gasteiger partial charge on any atom is 0.343 e. The number of allylic oxidation sites excluding steroid dienone is 1. The van der Waals surface area contributed by atoms with Gasteiger partial charge in [-0.2, -0.15) is 0 Å². The second kappa shape index (κ2) is 15.8. The number of rotatable bonds is 10. The number of ether oxygens (including phenoxy) is 1. The number of hydrogen-bond donors (Lipinski definition) is 6. The predicted octanol–water partition coefficient (Wildman–Crippen LogP) is 6.05. The quantitative estimate of drug-likeness (QED) is 0.0623. The van der Waals surface area contributed by atoms with Crippen LogP contribution in [0, 0.1) is 5.41 Å². The third-order valence-corrected chi connectivity index (χ3v) is 12.7. The first-order valence-corrected chi connectivity index (χ1v) is 20.8. The van der Waals surface area contributed by atoms with Crippen LogP contribution in [-0.4, -0.2) is 75.3 Å². The number of aromatic hydroxyl groups is 2. The lowest BCUT2D eigenvalue weighted by molar-refractivity contribution is -0.172. The maximum atomic E-state index is 13.7. The summed E-state index contributed by atoms with van der Waals surface area (Å²) >= 11 is 0. The van der Waals surface area contributed by atoms with Gasteiger partial charge in [-0.15, -0.1) is 0 Å². The Bertz CT molecular complexity index is 2490. The SMILES string of the molecule is CCC1=C2Cn3c(cc4c(c3=O)COC(=O)C4(O)CC)C2Nc2ccc(CCCN3CCN(c4ccc(N(C(=N)c5cc(C(C)C)c(O)cc5O)C(N)=O)cc4)CC3)cc21. The number of carbonyl (C=O) groups is 2. The molecule has 1 saturated heterocycles. The highest BCUT2D eigenvalue weighted by Gasteiger charge is 2.46. The van der Waals surface area contributed by atoms with Gasteiger partial charge in [-0.1, -0.05) is 33.8 Å². The van der Waals surface area contributed by atoms with E-state index in [-0.39, 0.29) is 53.4 Å². The number of pyridine rings is 1. The highest BCUT2D eigenvalue weighted by molar-refractivity contribution is 6.22. The van der Waals surface area contributed by atoms with Gasteiger partial charge in [-0.3, -0.25) is 15.1 Å². The molecule has 14 heteroatoms. The number of aryl methyl sites for hydroxylation is 1. The van der Waals surface area contributed by atoms with E-state index >= 15 is 0 Å². The summed E-state index contributed by atoms with van der Waals surface area (Å²) in [4.78, 5) is 44.8. The summed E-state index contributed by atoms with van der Waals surface area (Å²) in [5.74, 6) is -1.46. The highest BCUT2D eigenvalue weighted by Crippen LogP contribution is 2.47. The normalized spacial score (nSPS) is 19.6. The number of esters is 1. The first-order valence-electron chi connectivity index (χ1n) is 20.8. The Kier molecular flexibility index (Phi) is 10.7. The molecule has 4 aliphatic rings. The molecule has 3 aromatic carbocycles. The lowest BCUT2D eigenvalue weighted by Gasteiger charge is -2.36. The van der Waals surface area contributed by atoms with Crippen LogP contribution in [0.3, 0.4) is 0 Å². The average Bonchev–Trinajstić information content (AvgIpc) is 3.60. The molecule has 14 nitrogen and oxygen atoms in total. The van der Waals surface area contributed by atoms with Crippen molar-refractivity contribution in [3.63, 3.8) is 0 Å². The van der Waals surface area contributed by atoms with Gasteiger partial charge in [-0.05, 0) is 109 Å². The molecular weight excluding hydrogens is 763 g/mol. The van der Waals surface area contributed by atoms with Crippen LogP contribution in [0.25, 0.3) is 5.57 Å². The summed E-state index contributed by atoms with van der Waals surface area (Å²) in [5.41, 5.74) is 13.0. The van der Waals surface area contributed by atoms with Gasteiger partial charge in [-0.25, -0.2) is 14.5 Å². The van der Waals surface area contributed by atoms with Crippen LogP contribution in [0.5, 0.6) is 11.5 Å². The highest BCUT2D eigenvalue weighted by atomic mass is 16.6. The number of amidine groups is 1. The number of nitrogens with one attached hydrogen (secondary N) is 2. The second-order valence-electron chi connectivity index (χ2n) is 16.5. The Morgan fingerprint density at radius 2 is 1.75 bits per heavy atom. The van der Waals surface area contributed by atoms with E-state index in [0.717, 1.165) is 85.1 Å². The number of amides is 2. The Labute approximate surface area is 349 Å². The molecular formula is C46H53N7O7. The fraction of sp³-hybridized carbons (Fsp3) is 0.391. The fourth-order valence-electron chi connectivity index (χ4n) is 9.34. The number of aliphatic hydroxyl groups is 1. The molecule has 2 amide bonds. The van der Waals surface area contributed by atoms with Crippen LogP contribution < -0.4 is 26.4 Å². The number of benzene rings is 3. The summed E-state index contributed by atoms with van der Waals surface area (Å²) in [6.07, 6.45) is 2.84. The van der Waals surface area contributed by atoms with Crippen molar-refractivity contribution in [1.29, 1.82) is 5.41 Å². The van der Waals surface area contributed by atoms with Crippen molar-refractivity contribution >= 4 is 40.5 Å². The number of cyclic esters (lactones) is 1. The molecule has 4 aromatic rings. The Balaban J connectivity index is 0.886. The number of anilines is 3. The molecule has 314 valence electrons. The zero-order chi connectivity index (χ0) is 42.6. The molecule has 4 aliphatic heterocycles. The largest absolute Gasteiger partial charge is 0.508 e. The van der Waals surface area contributed by atoms with E-state index in [1.807, 2.05) is 32.0 Å². The van der Waals surface area contributed by atoms with E-state index in [1.165, 1.54) is 23.3 Å². The number of nitrogens with two attached hydrogens (primary N) is 1. The van der Waals surface area contributed by atoms with Crippen LogP contribution in [0.1, 0.15) is 98.0 Å². The van der Waals surface area contributed by atoms with Crippen molar-refractivity contribution in [2.75, 3.05) is 47.8 Å². The number of urea groups is 1. The summed E-state index contributed by atoms with van der Waals surface area (Å²) in [6, 6.07) is 17.4. The monoisotopic (exact) mass is 815 g/mol. The molecule has 0 radical (unpaired) electrons. The maximum absolute atomic E-state index is 13.7. The lowest BCUT2D eigenvalue weighted by atomic mass is 9.84. The average molecular weight is 816 g/mol. The molecule has 0 aliphatic carbocycles. The molecule has 0 saturated carbocycles. The van der Waals surface area contributed by atoms with Gasteiger partial charge in [0.05, 0.1) is 22.9 Å². The molecule has 0 spiro atoms. The topological polar surface area (TPSA) is 198 Å². The van der Waals surface area contributed by atoms with Crippen molar-refractivity contribution in [2.45, 2.75) is 84.1 Å².